The molecule has 0 fully saturated rings. The largest absolute Gasteiger partial charge is 0.416 e. The van der Waals surface area contributed by atoms with Crippen LogP contribution in [0.1, 0.15) is 33.2 Å². The van der Waals surface area contributed by atoms with Crippen molar-refractivity contribution < 1.29 is 8.82 Å². The molecule has 2 aromatic heterocycles. The van der Waals surface area contributed by atoms with Crippen molar-refractivity contribution in [1.82, 2.24) is 19.5 Å². The van der Waals surface area contributed by atoms with Crippen molar-refractivity contribution in [2.24, 2.45) is 5.92 Å². The van der Waals surface area contributed by atoms with E-state index in [0.717, 1.165) is 0 Å². The summed E-state index contributed by atoms with van der Waals surface area (Å²) in [5.41, 5.74) is 6.89. The van der Waals surface area contributed by atoms with Crippen LogP contribution in [0.2, 0.25) is 18.1 Å². The monoisotopic (exact) mass is 363 g/mol. The Morgan fingerprint density at radius 1 is 1.32 bits per heavy atom. The summed E-state index contributed by atoms with van der Waals surface area (Å²) in [5.74, 6) is 0.194. The van der Waals surface area contributed by atoms with Crippen LogP contribution < -0.4 is 5.73 Å². The Morgan fingerprint density at radius 3 is 2.72 bits per heavy atom. The molecular weight excluding hydrogens is 337 g/mol. The number of nitrogen functional groups attached to an aromatic ring is 1. The summed E-state index contributed by atoms with van der Waals surface area (Å²) in [4.78, 5) is 12.4. The molecule has 2 atom stereocenters. The first-order valence-electron chi connectivity index (χ1n) is 8.54. The molecule has 0 amide bonds. The zero-order chi connectivity index (χ0) is 18.4. The second-order valence-electron chi connectivity index (χ2n) is 8.22. The SMILES string of the molecule is CC(C)(C)[Si](C)(C)OC[C@H]1C=C(F)[C@@H](n2cnc3c(N)ncnc32)C1. The van der Waals surface area contributed by atoms with Crippen molar-refractivity contribution in [1.29, 1.82) is 0 Å². The minimum absolute atomic E-state index is 0.0516. The molecule has 0 aromatic carbocycles. The summed E-state index contributed by atoms with van der Waals surface area (Å²) in [7, 11) is -1.84. The molecule has 0 radical (unpaired) electrons. The van der Waals surface area contributed by atoms with Gasteiger partial charge in [-0.3, -0.25) is 0 Å². The van der Waals surface area contributed by atoms with E-state index in [9.17, 15) is 4.39 Å². The molecule has 0 aliphatic heterocycles. The Kier molecular flexibility index (Phi) is 4.44. The van der Waals surface area contributed by atoms with Crippen LogP contribution in [0.5, 0.6) is 0 Å². The number of fused-ring (bicyclic) bond motifs is 1. The van der Waals surface area contributed by atoms with E-state index >= 15 is 0 Å². The lowest BCUT2D eigenvalue weighted by Crippen LogP contribution is -2.41. The number of rotatable bonds is 4. The predicted molar refractivity (Wildman–Crippen MR) is 99.2 cm³/mol. The number of hydrogen-bond acceptors (Lipinski definition) is 5. The lowest BCUT2D eigenvalue weighted by atomic mass is 10.1. The van der Waals surface area contributed by atoms with Crippen LogP contribution in [0.15, 0.2) is 24.6 Å². The van der Waals surface area contributed by atoms with Crippen molar-refractivity contribution in [2.45, 2.75) is 51.4 Å². The molecule has 2 heterocycles. The highest BCUT2D eigenvalue weighted by Gasteiger charge is 2.38. The summed E-state index contributed by atoms with van der Waals surface area (Å²) in [6, 6.07) is -0.410. The Hall–Kier alpha value is -1.80. The third kappa shape index (κ3) is 3.32. The highest BCUT2D eigenvalue weighted by Crippen LogP contribution is 2.40. The number of nitrogens with zero attached hydrogens (tertiary/aromatic N) is 4. The first kappa shape index (κ1) is 18.0. The van der Waals surface area contributed by atoms with Gasteiger partial charge in [0.25, 0.3) is 0 Å². The fraction of sp³-hybridized carbons (Fsp3) is 0.588. The molecule has 2 N–H and O–H groups in total. The number of anilines is 1. The van der Waals surface area contributed by atoms with E-state index in [1.807, 2.05) is 0 Å². The van der Waals surface area contributed by atoms with E-state index in [-0.39, 0.29) is 16.8 Å². The molecule has 2 aromatic rings. The van der Waals surface area contributed by atoms with Crippen LogP contribution in [0.25, 0.3) is 11.2 Å². The number of allylic oxidation sites excluding steroid dienone is 1. The van der Waals surface area contributed by atoms with Gasteiger partial charge < -0.3 is 14.7 Å². The van der Waals surface area contributed by atoms with Crippen LogP contribution in [0.4, 0.5) is 10.2 Å². The van der Waals surface area contributed by atoms with Crippen LogP contribution in [-0.4, -0.2) is 34.4 Å². The van der Waals surface area contributed by atoms with Crippen LogP contribution in [0, 0.1) is 5.92 Å². The molecule has 0 saturated heterocycles. The van der Waals surface area contributed by atoms with Gasteiger partial charge in [-0.15, -0.1) is 0 Å². The molecule has 0 unspecified atom stereocenters. The first-order valence-corrected chi connectivity index (χ1v) is 11.4. The van der Waals surface area contributed by atoms with Gasteiger partial charge in [0, 0.05) is 12.5 Å². The summed E-state index contributed by atoms with van der Waals surface area (Å²) >= 11 is 0. The molecule has 0 spiro atoms. The molecule has 136 valence electrons. The molecule has 0 saturated carbocycles. The number of nitrogens with two attached hydrogens (primary N) is 1. The third-order valence-corrected chi connectivity index (χ3v) is 9.93. The Labute approximate surface area is 148 Å². The molecule has 0 bridgehead atoms. The Bertz CT molecular complexity index is 811. The summed E-state index contributed by atoms with van der Waals surface area (Å²) in [6.07, 6.45) is 5.28. The van der Waals surface area contributed by atoms with E-state index < -0.39 is 14.4 Å². The van der Waals surface area contributed by atoms with Crippen LogP contribution in [0.3, 0.4) is 0 Å². The maximum atomic E-state index is 14.6. The number of halogens is 1. The highest BCUT2D eigenvalue weighted by molar-refractivity contribution is 6.74. The summed E-state index contributed by atoms with van der Waals surface area (Å²) < 4.78 is 22.6. The number of imidazole rings is 1. The van der Waals surface area contributed by atoms with E-state index in [0.29, 0.717) is 30.0 Å². The minimum Gasteiger partial charge on any atom is -0.416 e. The molecule has 6 nitrogen and oxygen atoms in total. The smallest absolute Gasteiger partial charge is 0.192 e. The standard InChI is InChI=1S/C17H26FN5OSi/c1-17(2,3)25(4,5)24-8-11-6-12(18)13(7-11)23-10-22-14-15(19)20-9-21-16(14)23/h6,9-11,13H,7-8H2,1-5H3,(H2,19,20,21)/t11-,13-/m0/s1. The van der Waals surface area contributed by atoms with Gasteiger partial charge in [-0.2, -0.15) is 0 Å². The van der Waals surface area contributed by atoms with Crippen LogP contribution >= 0.6 is 0 Å². The van der Waals surface area contributed by atoms with Gasteiger partial charge in [0.15, 0.2) is 19.8 Å². The Balaban J connectivity index is 1.75. The lowest BCUT2D eigenvalue weighted by molar-refractivity contribution is 0.243. The predicted octanol–water partition coefficient (Wildman–Crippen LogP) is 3.84. The third-order valence-electron chi connectivity index (χ3n) is 5.43. The normalized spacial score (nSPS) is 21.8. The molecule has 1 aliphatic carbocycles. The number of aromatic nitrogens is 4. The second kappa shape index (κ2) is 6.17. The zero-order valence-electron chi connectivity index (χ0n) is 15.5. The average molecular weight is 364 g/mol. The van der Waals surface area contributed by atoms with E-state index in [1.54, 1.807) is 17.0 Å². The average Bonchev–Trinajstić information content (AvgIpc) is 3.08. The van der Waals surface area contributed by atoms with Gasteiger partial charge in [0.1, 0.15) is 17.7 Å². The van der Waals surface area contributed by atoms with Crippen molar-refractivity contribution in [2.75, 3.05) is 12.3 Å². The molecule has 3 rings (SSSR count). The summed E-state index contributed by atoms with van der Waals surface area (Å²) in [6.45, 7) is 11.6. The minimum atomic E-state index is -1.84. The number of hydrogen-bond donors (Lipinski definition) is 1. The maximum Gasteiger partial charge on any atom is 0.192 e. The highest BCUT2D eigenvalue weighted by atomic mass is 28.4. The quantitative estimate of drug-likeness (QED) is 0.835. The van der Waals surface area contributed by atoms with Gasteiger partial charge in [-0.25, -0.2) is 19.3 Å². The second-order valence-corrected chi connectivity index (χ2v) is 13.0. The molecule has 1 aliphatic rings. The Morgan fingerprint density at radius 2 is 2.04 bits per heavy atom. The van der Waals surface area contributed by atoms with Crippen molar-refractivity contribution in [3.63, 3.8) is 0 Å². The topological polar surface area (TPSA) is 78.9 Å². The fourth-order valence-corrected chi connectivity index (χ4v) is 3.86. The van der Waals surface area contributed by atoms with Gasteiger partial charge in [0.2, 0.25) is 0 Å². The van der Waals surface area contributed by atoms with Crippen LogP contribution in [-0.2, 0) is 4.43 Å². The van der Waals surface area contributed by atoms with Crippen molar-refractivity contribution in [3.05, 3.63) is 24.6 Å². The van der Waals surface area contributed by atoms with E-state index in [4.69, 9.17) is 10.2 Å². The maximum absolute atomic E-state index is 14.6. The van der Waals surface area contributed by atoms with Gasteiger partial charge in [-0.05, 0) is 30.6 Å². The molecule has 8 heteroatoms. The van der Waals surface area contributed by atoms with E-state index in [1.165, 1.54) is 6.33 Å². The zero-order valence-corrected chi connectivity index (χ0v) is 16.5. The molecular formula is C17H26FN5OSi. The van der Waals surface area contributed by atoms with Gasteiger partial charge in [-0.1, -0.05) is 20.8 Å². The fourth-order valence-electron chi connectivity index (χ4n) is 2.80. The van der Waals surface area contributed by atoms with Gasteiger partial charge in [0.05, 0.1) is 12.4 Å². The summed E-state index contributed by atoms with van der Waals surface area (Å²) in [5, 5.41) is 0.141. The van der Waals surface area contributed by atoms with Gasteiger partial charge >= 0.3 is 0 Å². The van der Waals surface area contributed by atoms with E-state index in [2.05, 4.69) is 48.8 Å². The van der Waals surface area contributed by atoms with Crippen molar-refractivity contribution >= 4 is 25.3 Å². The first-order chi connectivity index (χ1) is 11.6. The molecule has 25 heavy (non-hydrogen) atoms. The van der Waals surface area contributed by atoms with Crippen molar-refractivity contribution in [3.8, 4) is 0 Å². The lowest BCUT2D eigenvalue weighted by Gasteiger charge is -2.36.